The number of aromatic nitrogens is 3. The Kier molecular flexibility index (Phi) is 3.19. The molecule has 1 amide bonds. The molecule has 0 saturated heterocycles. The Morgan fingerprint density at radius 1 is 1.04 bits per heavy atom. The Bertz CT molecular complexity index is 853. The van der Waals surface area contributed by atoms with Crippen LogP contribution in [-0.4, -0.2) is 39.8 Å². The summed E-state index contributed by atoms with van der Waals surface area (Å²) in [5.41, 5.74) is 6.07. The summed E-state index contributed by atoms with van der Waals surface area (Å²) in [5.74, 6) is 0.110. The lowest BCUT2D eigenvalue weighted by Gasteiger charge is -2.25. The number of carbonyl (C=O) groups excluding carboxylic acids is 1. The lowest BCUT2D eigenvalue weighted by atomic mass is 9.94. The van der Waals surface area contributed by atoms with Gasteiger partial charge in [-0.25, -0.2) is 0 Å². The number of likely N-dealkylation sites (N-methyl/N-ethyl adjacent to an activating group) is 1. The molecule has 5 nitrogen and oxygen atoms in total. The summed E-state index contributed by atoms with van der Waals surface area (Å²) < 4.78 is 0. The first-order valence-electron chi connectivity index (χ1n) is 7.57. The number of amides is 1. The molecule has 4 rings (SSSR count). The monoisotopic (exact) mass is 304 g/mol. The fourth-order valence-corrected chi connectivity index (χ4v) is 2.96. The maximum absolute atomic E-state index is 12.2. The molecule has 114 valence electrons. The quantitative estimate of drug-likeness (QED) is 0.792. The minimum absolute atomic E-state index is 0.110. The highest BCUT2D eigenvalue weighted by molar-refractivity contribution is 5.97. The van der Waals surface area contributed by atoms with Crippen LogP contribution >= 0.6 is 0 Å². The SMILES string of the molecule is CN1CCc2cc(-c3ccc(-c4cn[nH]n4)cc3)ccc2C1=O. The van der Waals surface area contributed by atoms with Crippen LogP contribution in [0.25, 0.3) is 22.4 Å². The summed E-state index contributed by atoms with van der Waals surface area (Å²) in [7, 11) is 1.85. The standard InChI is InChI=1S/C18H16N4O/c1-22-9-8-15-10-14(6-7-16(15)18(22)23)12-2-4-13(5-3-12)17-11-19-21-20-17/h2-7,10-11H,8-9H2,1H3,(H,19,20,21). The number of carbonyl (C=O) groups is 1. The smallest absolute Gasteiger partial charge is 0.253 e. The molecule has 2 heterocycles. The minimum atomic E-state index is 0.110. The Hall–Kier alpha value is -2.95. The molecule has 0 saturated carbocycles. The first-order valence-corrected chi connectivity index (χ1v) is 7.57. The fourth-order valence-electron chi connectivity index (χ4n) is 2.96. The van der Waals surface area contributed by atoms with E-state index in [9.17, 15) is 4.79 Å². The van der Waals surface area contributed by atoms with Crippen molar-refractivity contribution in [3.63, 3.8) is 0 Å². The van der Waals surface area contributed by atoms with Gasteiger partial charge in [0.05, 0.1) is 6.20 Å². The molecule has 1 N–H and O–H groups in total. The summed E-state index contributed by atoms with van der Waals surface area (Å²) >= 11 is 0. The molecule has 0 bridgehead atoms. The van der Waals surface area contributed by atoms with Crippen LogP contribution in [-0.2, 0) is 6.42 Å². The van der Waals surface area contributed by atoms with Crippen LogP contribution in [0, 0.1) is 0 Å². The van der Waals surface area contributed by atoms with Gasteiger partial charge < -0.3 is 4.90 Å². The Morgan fingerprint density at radius 3 is 2.52 bits per heavy atom. The third-order valence-corrected chi connectivity index (χ3v) is 4.33. The molecule has 23 heavy (non-hydrogen) atoms. The van der Waals surface area contributed by atoms with Crippen LogP contribution in [0.3, 0.4) is 0 Å². The van der Waals surface area contributed by atoms with Gasteiger partial charge in [-0.2, -0.15) is 15.4 Å². The normalized spacial score (nSPS) is 14.0. The zero-order chi connectivity index (χ0) is 15.8. The van der Waals surface area contributed by atoms with E-state index >= 15 is 0 Å². The van der Waals surface area contributed by atoms with Crippen molar-refractivity contribution in [3.05, 3.63) is 59.8 Å². The number of aromatic amines is 1. The molecule has 0 radical (unpaired) electrons. The van der Waals surface area contributed by atoms with Gasteiger partial charge >= 0.3 is 0 Å². The second-order valence-corrected chi connectivity index (χ2v) is 5.78. The summed E-state index contributed by atoms with van der Waals surface area (Å²) in [4.78, 5) is 13.9. The summed E-state index contributed by atoms with van der Waals surface area (Å²) in [5, 5.41) is 10.5. The Balaban J connectivity index is 1.67. The van der Waals surface area contributed by atoms with Gasteiger partial charge in [-0.3, -0.25) is 4.79 Å². The van der Waals surface area contributed by atoms with Gasteiger partial charge in [0, 0.05) is 24.7 Å². The van der Waals surface area contributed by atoms with E-state index in [1.54, 1.807) is 11.1 Å². The molecule has 0 unspecified atom stereocenters. The fraction of sp³-hybridized carbons (Fsp3) is 0.167. The van der Waals surface area contributed by atoms with E-state index in [-0.39, 0.29) is 5.91 Å². The predicted molar refractivity (Wildman–Crippen MR) is 87.9 cm³/mol. The zero-order valence-corrected chi connectivity index (χ0v) is 12.8. The van der Waals surface area contributed by atoms with Gasteiger partial charge in [-0.15, -0.1) is 0 Å². The van der Waals surface area contributed by atoms with Crippen molar-refractivity contribution in [1.29, 1.82) is 0 Å². The molecule has 0 fully saturated rings. The maximum Gasteiger partial charge on any atom is 0.253 e. The molecule has 5 heteroatoms. The molecule has 0 aliphatic carbocycles. The van der Waals surface area contributed by atoms with Crippen LogP contribution in [0.15, 0.2) is 48.7 Å². The van der Waals surface area contributed by atoms with E-state index in [4.69, 9.17) is 0 Å². The molecule has 0 atom stereocenters. The molecular weight excluding hydrogens is 288 g/mol. The highest BCUT2D eigenvalue weighted by atomic mass is 16.2. The number of hydrogen-bond donors (Lipinski definition) is 1. The van der Waals surface area contributed by atoms with Crippen LogP contribution < -0.4 is 0 Å². The lowest BCUT2D eigenvalue weighted by molar-refractivity contribution is 0.0781. The molecular formula is C18H16N4O. The molecule has 1 aliphatic rings. The lowest BCUT2D eigenvalue weighted by Crippen LogP contribution is -2.34. The highest BCUT2D eigenvalue weighted by Crippen LogP contribution is 2.27. The van der Waals surface area contributed by atoms with E-state index in [1.165, 1.54) is 0 Å². The van der Waals surface area contributed by atoms with Crippen molar-refractivity contribution in [2.75, 3.05) is 13.6 Å². The topological polar surface area (TPSA) is 61.9 Å². The zero-order valence-electron chi connectivity index (χ0n) is 12.8. The minimum Gasteiger partial charge on any atom is -0.341 e. The molecule has 0 spiro atoms. The average molecular weight is 304 g/mol. The van der Waals surface area contributed by atoms with Gasteiger partial charge in [-0.05, 0) is 29.2 Å². The van der Waals surface area contributed by atoms with E-state index in [0.717, 1.165) is 46.5 Å². The van der Waals surface area contributed by atoms with E-state index < -0.39 is 0 Å². The van der Waals surface area contributed by atoms with Crippen molar-refractivity contribution in [2.45, 2.75) is 6.42 Å². The van der Waals surface area contributed by atoms with Crippen LogP contribution in [0.2, 0.25) is 0 Å². The van der Waals surface area contributed by atoms with Crippen molar-refractivity contribution in [2.24, 2.45) is 0 Å². The molecule has 3 aromatic rings. The predicted octanol–water partition coefficient (Wildman–Crippen LogP) is 2.77. The molecule has 1 aromatic heterocycles. The van der Waals surface area contributed by atoms with Gasteiger partial charge in [0.1, 0.15) is 5.69 Å². The third-order valence-electron chi connectivity index (χ3n) is 4.33. The van der Waals surface area contributed by atoms with Crippen LogP contribution in [0.4, 0.5) is 0 Å². The Labute approximate surface area is 134 Å². The Morgan fingerprint density at radius 2 is 1.78 bits per heavy atom. The number of fused-ring (bicyclic) bond motifs is 1. The van der Waals surface area contributed by atoms with Crippen LogP contribution in [0.1, 0.15) is 15.9 Å². The van der Waals surface area contributed by atoms with E-state index in [1.807, 2.05) is 31.3 Å². The number of H-pyrrole nitrogens is 1. The van der Waals surface area contributed by atoms with Crippen molar-refractivity contribution in [3.8, 4) is 22.4 Å². The van der Waals surface area contributed by atoms with Crippen molar-refractivity contribution >= 4 is 5.91 Å². The van der Waals surface area contributed by atoms with Gasteiger partial charge in [-0.1, -0.05) is 36.4 Å². The second-order valence-electron chi connectivity index (χ2n) is 5.78. The largest absolute Gasteiger partial charge is 0.341 e. The first-order chi connectivity index (χ1) is 11.2. The first kappa shape index (κ1) is 13.7. The average Bonchev–Trinajstić information content (AvgIpc) is 3.13. The third kappa shape index (κ3) is 2.40. The number of nitrogens with one attached hydrogen (secondary N) is 1. The summed E-state index contributed by atoms with van der Waals surface area (Å²) in [6.07, 6.45) is 2.61. The molecule has 2 aromatic carbocycles. The number of nitrogens with zero attached hydrogens (tertiary/aromatic N) is 3. The van der Waals surface area contributed by atoms with E-state index in [0.29, 0.717) is 0 Å². The second kappa shape index (κ2) is 5.35. The van der Waals surface area contributed by atoms with Gasteiger partial charge in [0.15, 0.2) is 0 Å². The van der Waals surface area contributed by atoms with Crippen LogP contribution in [0.5, 0.6) is 0 Å². The summed E-state index contributed by atoms with van der Waals surface area (Å²) in [6.45, 7) is 0.778. The maximum atomic E-state index is 12.2. The number of rotatable bonds is 2. The van der Waals surface area contributed by atoms with Crippen molar-refractivity contribution in [1.82, 2.24) is 20.3 Å². The van der Waals surface area contributed by atoms with Gasteiger partial charge in [0.2, 0.25) is 0 Å². The van der Waals surface area contributed by atoms with E-state index in [2.05, 4.69) is 33.6 Å². The summed E-state index contributed by atoms with van der Waals surface area (Å²) in [6, 6.07) is 14.3. The highest BCUT2D eigenvalue weighted by Gasteiger charge is 2.21. The number of hydrogen-bond acceptors (Lipinski definition) is 3. The number of benzene rings is 2. The molecule has 1 aliphatic heterocycles. The van der Waals surface area contributed by atoms with Crippen molar-refractivity contribution < 1.29 is 4.79 Å². The van der Waals surface area contributed by atoms with Gasteiger partial charge in [0.25, 0.3) is 5.91 Å².